The highest BCUT2D eigenvalue weighted by atomic mass is 16.5. The maximum Gasteiger partial charge on any atom is 0.331 e. The molecule has 0 saturated heterocycles. The number of phenols is 1. The molecule has 1 aromatic rings. The first-order valence-corrected chi connectivity index (χ1v) is 10.2. The van der Waals surface area contributed by atoms with Crippen molar-refractivity contribution in [2.24, 2.45) is 17.8 Å². The molecule has 0 spiro atoms. The van der Waals surface area contributed by atoms with E-state index in [9.17, 15) is 15.0 Å². The minimum atomic E-state index is -0.913. The number of fused-ring (bicyclic) bond motifs is 1. The van der Waals surface area contributed by atoms with Gasteiger partial charge in [-0.15, -0.1) is 0 Å². The van der Waals surface area contributed by atoms with Crippen LogP contribution in [-0.4, -0.2) is 27.9 Å². The molecule has 1 aromatic carbocycles. The summed E-state index contributed by atoms with van der Waals surface area (Å²) in [5.74, 6) is 0.780. The summed E-state index contributed by atoms with van der Waals surface area (Å²) in [6.07, 6.45) is 6.64. The van der Waals surface area contributed by atoms with E-state index < -0.39 is 11.6 Å². The highest BCUT2D eigenvalue weighted by molar-refractivity contribution is 5.87. The van der Waals surface area contributed by atoms with Crippen LogP contribution in [0.1, 0.15) is 58.9 Å². The van der Waals surface area contributed by atoms with Gasteiger partial charge in [0.05, 0.1) is 5.60 Å². The predicted molar refractivity (Wildman–Crippen MR) is 111 cm³/mol. The van der Waals surface area contributed by atoms with Gasteiger partial charge in [0.1, 0.15) is 11.9 Å². The number of benzene rings is 1. The predicted octanol–water partition coefficient (Wildman–Crippen LogP) is 4.86. The zero-order chi connectivity index (χ0) is 20.5. The van der Waals surface area contributed by atoms with E-state index >= 15 is 0 Å². The Labute approximate surface area is 167 Å². The van der Waals surface area contributed by atoms with E-state index in [-0.39, 0.29) is 17.8 Å². The Bertz CT molecular complexity index is 767. The molecular weight excluding hydrogens is 352 g/mol. The largest absolute Gasteiger partial charge is 0.508 e. The molecule has 1 fully saturated rings. The molecular formula is C24H32O4. The Balaban J connectivity index is 1.77. The minimum absolute atomic E-state index is 0.100. The van der Waals surface area contributed by atoms with Crippen molar-refractivity contribution in [3.8, 4) is 5.75 Å². The van der Waals surface area contributed by atoms with Gasteiger partial charge in [0.2, 0.25) is 0 Å². The molecule has 3 rings (SSSR count). The topological polar surface area (TPSA) is 66.8 Å². The highest BCUT2D eigenvalue weighted by Crippen LogP contribution is 2.48. The fraction of sp³-hybridized carbons (Fsp3) is 0.542. The lowest BCUT2D eigenvalue weighted by Crippen LogP contribution is -2.42. The third-order valence-corrected chi connectivity index (χ3v) is 6.50. The van der Waals surface area contributed by atoms with Crippen molar-refractivity contribution >= 4 is 12.0 Å². The SMILES string of the molecule is CC1=C2CC[C@H](C)[C@@H]2C[C@H](C(C)(C)O)[C@@H](OC(=O)/C=C/c2ccc(O)cc2)C1. The molecule has 0 amide bonds. The van der Waals surface area contributed by atoms with Crippen molar-refractivity contribution in [3.05, 3.63) is 47.1 Å². The van der Waals surface area contributed by atoms with Gasteiger partial charge >= 0.3 is 5.97 Å². The molecule has 4 heteroatoms. The molecule has 0 bridgehead atoms. The fourth-order valence-corrected chi connectivity index (χ4v) is 4.82. The maximum absolute atomic E-state index is 12.5. The van der Waals surface area contributed by atoms with E-state index in [2.05, 4.69) is 13.8 Å². The number of aliphatic hydroxyl groups is 1. The van der Waals surface area contributed by atoms with Crippen LogP contribution in [0.15, 0.2) is 41.5 Å². The number of carbonyl (C=O) groups is 1. The lowest BCUT2D eigenvalue weighted by molar-refractivity contribution is -0.151. The van der Waals surface area contributed by atoms with Crippen molar-refractivity contribution in [1.82, 2.24) is 0 Å². The number of ether oxygens (including phenoxy) is 1. The minimum Gasteiger partial charge on any atom is -0.508 e. The molecule has 2 N–H and O–H groups in total. The third kappa shape index (κ3) is 4.67. The molecule has 0 radical (unpaired) electrons. The van der Waals surface area contributed by atoms with Gasteiger partial charge in [0.15, 0.2) is 0 Å². The number of esters is 1. The quantitative estimate of drug-likeness (QED) is 0.442. The Morgan fingerprint density at radius 1 is 1.25 bits per heavy atom. The first-order valence-electron chi connectivity index (χ1n) is 10.2. The molecule has 2 aliphatic rings. The first-order chi connectivity index (χ1) is 13.1. The van der Waals surface area contributed by atoms with Gasteiger partial charge in [-0.05, 0) is 75.6 Å². The fourth-order valence-electron chi connectivity index (χ4n) is 4.82. The Hall–Kier alpha value is -2.07. The van der Waals surface area contributed by atoms with Gasteiger partial charge < -0.3 is 14.9 Å². The summed E-state index contributed by atoms with van der Waals surface area (Å²) in [6, 6.07) is 6.63. The molecule has 4 nitrogen and oxygen atoms in total. The van der Waals surface area contributed by atoms with Crippen molar-refractivity contribution in [1.29, 1.82) is 0 Å². The summed E-state index contributed by atoms with van der Waals surface area (Å²) in [4.78, 5) is 12.5. The van der Waals surface area contributed by atoms with E-state index in [1.165, 1.54) is 23.6 Å². The normalized spacial score (nSPS) is 28.3. The molecule has 152 valence electrons. The second kappa shape index (κ2) is 8.12. The lowest BCUT2D eigenvalue weighted by atomic mass is 9.77. The van der Waals surface area contributed by atoms with Gasteiger partial charge in [-0.3, -0.25) is 0 Å². The number of carbonyl (C=O) groups excluding carboxylic acids is 1. The number of allylic oxidation sites excluding steroid dienone is 1. The van der Waals surface area contributed by atoms with E-state index in [1.54, 1.807) is 30.3 Å². The Morgan fingerprint density at radius 3 is 2.57 bits per heavy atom. The summed E-state index contributed by atoms with van der Waals surface area (Å²) >= 11 is 0. The Kier molecular flexibility index (Phi) is 5.99. The van der Waals surface area contributed by atoms with E-state index in [1.807, 2.05) is 13.8 Å². The van der Waals surface area contributed by atoms with Crippen LogP contribution in [0.5, 0.6) is 5.75 Å². The summed E-state index contributed by atoms with van der Waals surface area (Å²) in [5.41, 5.74) is 2.74. The number of aromatic hydroxyl groups is 1. The summed E-state index contributed by atoms with van der Waals surface area (Å²) in [7, 11) is 0. The standard InChI is InChI=1S/C24H32O4/c1-15-5-11-19-16(2)13-22(21(14-20(15)19)24(3,4)27)28-23(26)12-8-17-6-9-18(25)10-7-17/h6-10,12,15,20-22,25,27H,5,11,13-14H2,1-4H3/b12-8+/t15-,20-,21-,22-/m0/s1. The van der Waals surface area contributed by atoms with Crippen LogP contribution < -0.4 is 0 Å². The number of hydrogen-bond acceptors (Lipinski definition) is 4. The third-order valence-electron chi connectivity index (χ3n) is 6.50. The monoisotopic (exact) mass is 384 g/mol. The van der Waals surface area contributed by atoms with E-state index in [4.69, 9.17) is 4.74 Å². The number of rotatable bonds is 4. The van der Waals surface area contributed by atoms with Crippen LogP contribution >= 0.6 is 0 Å². The Morgan fingerprint density at radius 2 is 1.93 bits per heavy atom. The zero-order valence-corrected chi connectivity index (χ0v) is 17.3. The molecule has 0 unspecified atom stereocenters. The van der Waals surface area contributed by atoms with Gasteiger partial charge in [0.25, 0.3) is 0 Å². The summed E-state index contributed by atoms with van der Waals surface area (Å²) < 4.78 is 5.86. The zero-order valence-electron chi connectivity index (χ0n) is 17.3. The number of phenolic OH excluding ortho intramolecular Hbond substituents is 1. The first kappa shape index (κ1) is 20.7. The van der Waals surface area contributed by atoms with Gasteiger partial charge in [-0.1, -0.05) is 30.2 Å². The van der Waals surface area contributed by atoms with Crippen LogP contribution in [0.2, 0.25) is 0 Å². The van der Waals surface area contributed by atoms with Gasteiger partial charge in [-0.2, -0.15) is 0 Å². The highest BCUT2D eigenvalue weighted by Gasteiger charge is 2.43. The van der Waals surface area contributed by atoms with Gasteiger partial charge in [0, 0.05) is 18.4 Å². The summed E-state index contributed by atoms with van der Waals surface area (Å²) in [5, 5.41) is 20.2. The molecule has 0 aromatic heterocycles. The lowest BCUT2D eigenvalue weighted by Gasteiger charge is -2.36. The molecule has 0 aliphatic heterocycles. The second-order valence-electron chi connectivity index (χ2n) is 9.03. The van der Waals surface area contributed by atoms with Crippen LogP contribution in [0.25, 0.3) is 6.08 Å². The van der Waals surface area contributed by atoms with Crippen molar-refractivity contribution in [3.63, 3.8) is 0 Å². The van der Waals surface area contributed by atoms with Crippen LogP contribution in [0.4, 0.5) is 0 Å². The van der Waals surface area contributed by atoms with Gasteiger partial charge in [-0.25, -0.2) is 4.79 Å². The smallest absolute Gasteiger partial charge is 0.331 e. The van der Waals surface area contributed by atoms with E-state index in [0.29, 0.717) is 18.3 Å². The van der Waals surface area contributed by atoms with Crippen molar-refractivity contribution < 1.29 is 19.7 Å². The van der Waals surface area contributed by atoms with Crippen LogP contribution in [0, 0.1) is 17.8 Å². The van der Waals surface area contributed by atoms with Crippen LogP contribution in [0.3, 0.4) is 0 Å². The molecule has 1 saturated carbocycles. The van der Waals surface area contributed by atoms with Crippen molar-refractivity contribution in [2.75, 3.05) is 0 Å². The average molecular weight is 385 g/mol. The van der Waals surface area contributed by atoms with Crippen LogP contribution in [-0.2, 0) is 9.53 Å². The molecule has 4 atom stereocenters. The average Bonchev–Trinajstić information content (AvgIpc) is 2.91. The maximum atomic E-state index is 12.5. The van der Waals surface area contributed by atoms with E-state index in [0.717, 1.165) is 18.4 Å². The second-order valence-corrected chi connectivity index (χ2v) is 9.03. The number of hydrogen-bond donors (Lipinski definition) is 2. The summed E-state index contributed by atoms with van der Waals surface area (Å²) in [6.45, 7) is 8.09. The molecule has 2 aliphatic carbocycles. The van der Waals surface area contributed by atoms with Crippen molar-refractivity contribution in [2.45, 2.75) is 65.1 Å². The molecule has 28 heavy (non-hydrogen) atoms. The molecule has 0 heterocycles.